The molecule has 6 heteroatoms. The van der Waals surface area contributed by atoms with Crippen LogP contribution in [0.1, 0.15) is 38.7 Å². The predicted octanol–water partition coefficient (Wildman–Crippen LogP) is 3.97. The molecule has 5 nitrogen and oxygen atoms in total. The van der Waals surface area contributed by atoms with Crippen molar-refractivity contribution in [3.63, 3.8) is 0 Å². The van der Waals surface area contributed by atoms with E-state index in [9.17, 15) is 9.59 Å². The fraction of sp³-hybridized carbons (Fsp3) is 0.160. The number of nitrogens with one attached hydrogen (secondary N) is 2. The van der Waals surface area contributed by atoms with E-state index < -0.39 is 12.1 Å². The van der Waals surface area contributed by atoms with Gasteiger partial charge in [0.05, 0.1) is 0 Å². The lowest BCUT2D eigenvalue weighted by Crippen LogP contribution is -2.42. The number of halogens is 1. The van der Waals surface area contributed by atoms with E-state index in [1.165, 1.54) is 0 Å². The van der Waals surface area contributed by atoms with Crippen molar-refractivity contribution in [1.82, 2.24) is 10.7 Å². The van der Waals surface area contributed by atoms with E-state index in [1.807, 2.05) is 68.6 Å². The van der Waals surface area contributed by atoms with Crippen LogP contribution in [0.25, 0.3) is 0 Å². The van der Waals surface area contributed by atoms with Gasteiger partial charge < -0.3 is 5.32 Å². The summed E-state index contributed by atoms with van der Waals surface area (Å²) in [6, 6.07) is 21.4. The minimum Gasteiger partial charge on any atom is -0.334 e. The summed E-state index contributed by atoms with van der Waals surface area (Å²) in [6.07, 6.45) is 1.87. The Morgan fingerprint density at radius 2 is 1.52 bits per heavy atom. The summed E-state index contributed by atoms with van der Waals surface area (Å²) >= 11 is 6.07. The average Bonchev–Trinajstić information content (AvgIpc) is 3.05. The second-order valence-corrected chi connectivity index (χ2v) is 8.17. The molecule has 2 N–H and O–H groups in total. The van der Waals surface area contributed by atoms with E-state index in [4.69, 9.17) is 11.6 Å². The molecule has 0 saturated carbocycles. The van der Waals surface area contributed by atoms with Crippen molar-refractivity contribution >= 4 is 29.6 Å². The van der Waals surface area contributed by atoms with Crippen molar-refractivity contribution < 1.29 is 14.3 Å². The normalized spacial score (nSPS) is 19.3. The Morgan fingerprint density at radius 1 is 0.935 bits per heavy atom. The largest absolute Gasteiger partial charge is 0.334 e. The molecule has 3 aromatic rings. The predicted molar refractivity (Wildman–Crippen MR) is 121 cm³/mol. The number of carbonyl (C=O) groups is 2. The molecule has 3 aromatic carbocycles. The van der Waals surface area contributed by atoms with Crippen molar-refractivity contribution in [2.45, 2.75) is 25.9 Å². The van der Waals surface area contributed by atoms with Crippen LogP contribution in [0.5, 0.6) is 0 Å². The van der Waals surface area contributed by atoms with Gasteiger partial charge in [0.15, 0.2) is 6.04 Å². The Hall–Kier alpha value is -3.44. The molecule has 1 fully saturated rings. The third kappa shape index (κ3) is 4.67. The van der Waals surface area contributed by atoms with Gasteiger partial charge in [-0.1, -0.05) is 59.1 Å². The van der Waals surface area contributed by atoms with Crippen LogP contribution in [-0.4, -0.2) is 28.8 Å². The lowest BCUT2D eigenvalue weighted by Gasteiger charge is -2.15. The zero-order chi connectivity index (χ0) is 22.0. The third-order valence-corrected chi connectivity index (χ3v) is 5.57. The number of benzene rings is 3. The van der Waals surface area contributed by atoms with Gasteiger partial charge in [-0.3, -0.25) is 9.59 Å². The fourth-order valence-corrected chi connectivity index (χ4v) is 3.71. The minimum absolute atomic E-state index is 0.274. The Kier molecular flexibility index (Phi) is 5.87. The monoisotopic (exact) mass is 432 g/mol. The van der Waals surface area contributed by atoms with Crippen molar-refractivity contribution in [2.75, 3.05) is 0 Å². The standard InChI is InChI=1S/C25H22ClN3O2/c1-16-3-7-18(8-4-16)15-29-23(19-11-13-21(26)14-12-19)22(25(31)28-29)27-24(30)20-9-5-17(2)6-10-20/h3-15,22-23H,1-2H3,(H-,27,28,30,31)/p+1/b29-15-/t22-,23-/m1/s1. The van der Waals surface area contributed by atoms with Crippen LogP contribution in [-0.2, 0) is 4.79 Å². The maximum absolute atomic E-state index is 12.9. The van der Waals surface area contributed by atoms with Crippen LogP contribution in [0, 0.1) is 13.8 Å². The zero-order valence-electron chi connectivity index (χ0n) is 17.3. The Bertz CT molecular complexity index is 1140. The summed E-state index contributed by atoms with van der Waals surface area (Å²) in [7, 11) is 0. The smallest absolute Gasteiger partial charge is 0.304 e. The first kappa shape index (κ1) is 20.8. The first-order valence-electron chi connectivity index (χ1n) is 10.0. The van der Waals surface area contributed by atoms with Crippen LogP contribution in [0.15, 0.2) is 72.8 Å². The highest BCUT2D eigenvalue weighted by atomic mass is 35.5. The molecule has 31 heavy (non-hydrogen) atoms. The van der Waals surface area contributed by atoms with Crippen molar-refractivity contribution in [2.24, 2.45) is 0 Å². The SMILES string of the molecule is Cc1ccc(/C=[N+]2\NC(=O)[C@H](NC(=O)c3ccc(C)cc3)[C@H]2c2ccc(Cl)cc2)cc1. The van der Waals surface area contributed by atoms with Gasteiger partial charge in [-0.2, -0.15) is 0 Å². The molecule has 156 valence electrons. The zero-order valence-corrected chi connectivity index (χ0v) is 18.1. The summed E-state index contributed by atoms with van der Waals surface area (Å²) in [4.78, 5) is 25.7. The molecule has 1 aliphatic heterocycles. The van der Waals surface area contributed by atoms with Crippen LogP contribution >= 0.6 is 11.6 Å². The minimum atomic E-state index is -0.767. The van der Waals surface area contributed by atoms with E-state index >= 15 is 0 Å². The molecule has 0 spiro atoms. The van der Waals surface area contributed by atoms with Gasteiger partial charge in [-0.05, 0) is 50.2 Å². The first-order chi connectivity index (χ1) is 14.9. The molecule has 0 bridgehead atoms. The van der Waals surface area contributed by atoms with E-state index in [1.54, 1.807) is 28.9 Å². The molecule has 2 atom stereocenters. The van der Waals surface area contributed by atoms with E-state index in [0.717, 1.165) is 22.3 Å². The highest BCUT2D eigenvalue weighted by Crippen LogP contribution is 2.26. The summed E-state index contributed by atoms with van der Waals surface area (Å²) in [5.41, 5.74) is 7.41. The maximum atomic E-state index is 12.9. The first-order valence-corrected chi connectivity index (χ1v) is 10.4. The van der Waals surface area contributed by atoms with E-state index in [2.05, 4.69) is 10.7 Å². The van der Waals surface area contributed by atoms with Gasteiger partial charge in [0.1, 0.15) is 0 Å². The van der Waals surface area contributed by atoms with Gasteiger partial charge in [0, 0.05) is 21.7 Å². The number of nitrogens with zero attached hydrogens (tertiary/aromatic N) is 1. The van der Waals surface area contributed by atoms with Gasteiger partial charge in [0.25, 0.3) is 5.91 Å². The number of rotatable bonds is 4. The maximum Gasteiger partial charge on any atom is 0.304 e. The summed E-state index contributed by atoms with van der Waals surface area (Å²) in [5, 5.41) is 3.51. The molecule has 1 aliphatic rings. The number of aryl methyl sites for hydroxylation is 2. The number of amides is 2. The molecule has 4 rings (SSSR count). The Labute approximate surface area is 186 Å². The Balaban J connectivity index is 1.69. The molecular weight excluding hydrogens is 410 g/mol. The van der Waals surface area contributed by atoms with Crippen LogP contribution in [0.3, 0.4) is 0 Å². The second kappa shape index (κ2) is 8.74. The van der Waals surface area contributed by atoms with E-state index in [0.29, 0.717) is 10.6 Å². The van der Waals surface area contributed by atoms with Gasteiger partial charge in [0.2, 0.25) is 12.3 Å². The lowest BCUT2D eigenvalue weighted by atomic mass is 9.99. The lowest BCUT2D eigenvalue weighted by molar-refractivity contribution is -0.596. The highest BCUT2D eigenvalue weighted by Gasteiger charge is 2.47. The van der Waals surface area contributed by atoms with Gasteiger partial charge in [-0.25, -0.2) is 0 Å². The number of hydrogen-bond acceptors (Lipinski definition) is 2. The third-order valence-electron chi connectivity index (χ3n) is 5.31. The summed E-state index contributed by atoms with van der Waals surface area (Å²) in [6.45, 7) is 3.98. The van der Waals surface area contributed by atoms with Crippen LogP contribution in [0.4, 0.5) is 0 Å². The molecular formula is C25H23ClN3O2+. The second-order valence-electron chi connectivity index (χ2n) is 7.74. The van der Waals surface area contributed by atoms with E-state index in [-0.39, 0.29) is 11.8 Å². The van der Waals surface area contributed by atoms with Crippen molar-refractivity contribution in [3.8, 4) is 0 Å². The molecule has 1 saturated heterocycles. The van der Waals surface area contributed by atoms with Gasteiger partial charge >= 0.3 is 5.91 Å². The molecule has 0 aromatic heterocycles. The number of hydrazone groups is 1. The molecule has 1 heterocycles. The van der Waals surface area contributed by atoms with Crippen LogP contribution < -0.4 is 10.7 Å². The van der Waals surface area contributed by atoms with Crippen molar-refractivity contribution in [1.29, 1.82) is 0 Å². The Morgan fingerprint density at radius 3 is 2.13 bits per heavy atom. The molecule has 0 unspecified atom stereocenters. The quantitative estimate of drug-likeness (QED) is 0.613. The summed E-state index contributed by atoms with van der Waals surface area (Å²) < 4.78 is 1.75. The highest BCUT2D eigenvalue weighted by molar-refractivity contribution is 6.30. The molecule has 0 radical (unpaired) electrons. The fourth-order valence-electron chi connectivity index (χ4n) is 3.58. The number of hydrazine groups is 1. The van der Waals surface area contributed by atoms with Crippen LogP contribution in [0.2, 0.25) is 5.02 Å². The number of carbonyl (C=O) groups excluding carboxylic acids is 2. The van der Waals surface area contributed by atoms with Gasteiger partial charge in [-0.15, -0.1) is 10.1 Å². The summed E-state index contributed by atoms with van der Waals surface area (Å²) in [5.74, 6) is -0.569. The van der Waals surface area contributed by atoms with Crippen molar-refractivity contribution in [3.05, 3.63) is 106 Å². The average molecular weight is 433 g/mol. The topological polar surface area (TPSA) is 61.2 Å². The molecule has 0 aliphatic carbocycles. The number of hydrogen-bond donors (Lipinski definition) is 2. The molecule has 2 amide bonds.